The molecule has 1 heterocycles. The molecule has 0 bridgehead atoms. The van der Waals surface area contributed by atoms with Crippen molar-refractivity contribution in [1.82, 2.24) is 21.3 Å². The van der Waals surface area contributed by atoms with Crippen LogP contribution >= 0.6 is 0 Å². The zero-order valence-corrected chi connectivity index (χ0v) is 13.8. The minimum atomic E-state index is -0.988. The number of hydrogen-bond acceptors (Lipinski definition) is 6. The molecule has 0 radical (unpaired) electrons. The van der Waals surface area contributed by atoms with Gasteiger partial charge in [-0.15, -0.1) is 0 Å². The summed E-state index contributed by atoms with van der Waals surface area (Å²) in [5, 5.41) is 9.67. The first-order chi connectivity index (χ1) is 11.4. The smallest absolute Gasteiger partial charge is 0.309 e. The molecule has 0 aromatic carbocycles. The molecule has 0 saturated carbocycles. The van der Waals surface area contributed by atoms with E-state index in [0.29, 0.717) is 26.4 Å². The SMILES string of the molecule is C[C@@H]1NC(=O)C(=O)N[C@@H](C)C(=O)NCCOCCOCCNC1=O. The van der Waals surface area contributed by atoms with E-state index >= 15 is 0 Å². The number of carbonyl (C=O) groups is 4. The molecule has 10 heteroatoms. The fourth-order valence-electron chi connectivity index (χ4n) is 1.78. The molecule has 4 N–H and O–H groups in total. The molecule has 0 aliphatic carbocycles. The maximum Gasteiger partial charge on any atom is 0.309 e. The van der Waals surface area contributed by atoms with Crippen LogP contribution in [0.15, 0.2) is 0 Å². The van der Waals surface area contributed by atoms with E-state index in [2.05, 4.69) is 21.3 Å². The van der Waals surface area contributed by atoms with E-state index in [9.17, 15) is 19.2 Å². The summed E-state index contributed by atoms with van der Waals surface area (Å²) in [4.78, 5) is 47.0. The molecular weight excluding hydrogens is 320 g/mol. The lowest BCUT2D eigenvalue weighted by atomic mass is 10.3. The van der Waals surface area contributed by atoms with Gasteiger partial charge in [0, 0.05) is 13.1 Å². The molecule has 1 aliphatic heterocycles. The highest BCUT2D eigenvalue weighted by Gasteiger charge is 2.23. The topological polar surface area (TPSA) is 135 Å². The summed E-state index contributed by atoms with van der Waals surface area (Å²) < 4.78 is 10.5. The molecule has 0 aromatic heterocycles. The summed E-state index contributed by atoms with van der Waals surface area (Å²) >= 11 is 0. The van der Waals surface area contributed by atoms with Gasteiger partial charge in [0.1, 0.15) is 12.1 Å². The van der Waals surface area contributed by atoms with Crippen LogP contribution in [0.2, 0.25) is 0 Å². The third-order valence-electron chi connectivity index (χ3n) is 3.15. The second kappa shape index (κ2) is 10.6. The third kappa shape index (κ3) is 7.38. The van der Waals surface area contributed by atoms with Crippen molar-refractivity contribution in [3.8, 4) is 0 Å². The lowest BCUT2D eigenvalue weighted by Crippen LogP contribution is -2.53. The lowest BCUT2D eigenvalue weighted by molar-refractivity contribution is -0.141. The van der Waals surface area contributed by atoms with Crippen molar-refractivity contribution < 1.29 is 28.7 Å². The molecule has 4 amide bonds. The average molecular weight is 344 g/mol. The fraction of sp³-hybridized carbons (Fsp3) is 0.714. The number of carbonyl (C=O) groups excluding carboxylic acids is 4. The molecule has 0 aromatic rings. The van der Waals surface area contributed by atoms with E-state index in [1.165, 1.54) is 13.8 Å². The molecule has 0 unspecified atom stereocenters. The van der Waals surface area contributed by atoms with Gasteiger partial charge in [-0.05, 0) is 13.8 Å². The Bertz CT molecular complexity index is 428. The van der Waals surface area contributed by atoms with Gasteiger partial charge in [-0.1, -0.05) is 0 Å². The number of rotatable bonds is 0. The number of amides is 4. The van der Waals surface area contributed by atoms with E-state index in [1.54, 1.807) is 0 Å². The highest BCUT2D eigenvalue weighted by molar-refractivity contribution is 6.35. The van der Waals surface area contributed by atoms with Crippen molar-refractivity contribution in [2.45, 2.75) is 25.9 Å². The fourth-order valence-corrected chi connectivity index (χ4v) is 1.78. The highest BCUT2D eigenvalue weighted by Crippen LogP contribution is 1.87. The van der Waals surface area contributed by atoms with Gasteiger partial charge in [0.25, 0.3) is 0 Å². The van der Waals surface area contributed by atoms with Crippen LogP contribution in [0.4, 0.5) is 0 Å². The van der Waals surface area contributed by atoms with Gasteiger partial charge in [-0.3, -0.25) is 19.2 Å². The normalized spacial score (nSPS) is 26.2. The van der Waals surface area contributed by atoms with Crippen LogP contribution in [-0.2, 0) is 28.7 Å². The summed E-state index contributed by atoms with van der Waals surface area (Å²) in [6.07, 6.45) is 0. The summed E-state index contributed by atoms with van der Waals surface area (Å²) in [7, 11) is 0. The van der Waals surface area contributed by atoms with Crippen LogP contribution in [0.1, 0.15) is 13.8 Å². The predicted molar refractivity (Wildman–Crippen MR) is 82.9 cm³/mol. The van der Waals surface area contributed by atoms with Crippen LogP contribution < -0.4 is 21.3 Å². The van der Waals surface area contributed by atoms with Crippen molar-refractivity contribution in [2.75, 3.05) is 39.5 Å². The minimum Gasteiger partial charge on any atom is -0.377 e. The van der Waals surface area contributed by atoms with Crippen LogP contribution in [0, 0.1) is 0 Å². The molecule has 10 nitrogen and oxygen atoms in total. The molecule has 1 saturated heterocycles. The highest BCUT2D eigenvalue weighted by atomic mass is 16.5. The monoisotopic (exact) mass is 344 g/mol. The van der Waals surface area contributed by atoms with E-state index in [-0.39, 0.29) is 13.1 Å². The first-order valence-corrected chi connectivity index (χ1v) is 7.74. The van der Waals surface area contributed by atoms with Gasteiger partial charge >= 0.3 is 11.8 Å². The van der Waals surface area contributed by atoms with Crippen molar-refractivity contribution in [1.29, 1.82) is 0 Å². The Balaban J connectivity index is 2.61. The Hall–Kier alpha value is -2.20. The summed E-state index contributed by atoms with van der Waals surface area (Å²) in [6.45, 7) is 4.77. The van der Waals surface area contributed by atoms with Gasteiger partial charge in [0.2, 0.25) is 11.8 Å². The van der Waals surface area contributed by atoms with Crippen molar-refractivity contribution in [3.05, 3.63) is 0 Å². The van der Waals surface area contributed by atoms with Crippen LogP contribution in [0.3, 0.4) is 0 Å². The Morgan fingerprint density at radius 3 is 1.46 bits per heavy atom. The van der Waals surface area contributed by atoms with Crippen LogP contribution in [-0.4, -0.2) is 75.2 Å². The molecule has 24 heavy (non-hydrogen) atoms. The third-order valence-corrected chi connectivity index (χ3v) is 3.15. The Labute approximate surface area is 140 Å². The zero-order valence-electron chi connectivity index (χ0n) is 13.8. The quantitative estimate of drug-likeness (QED) is 0.353. The van der Waals surface area contributed by atoms with Crippen molar-refractivity contribution in [3.63, 3.8) is 0 Å². The summed E-state index contributed by atoms with van der Waals surface area (Å²) in [6, 6.07) is -1.79. The van der Waals surface area contributed by atoms with Crippen molar-refractivity contribution in [2.24, 2.45) is 0 Å². The maximum atomic E-state index is 11.8. The summed E-state index contributed by atoms with van der Waals surface area (Å²) in [5.74, 6) is -2.86. The number of ether oxygens (including phenoxy) is 2. The van der Waals surface area contributed by atoms with Gasteiger partial charge in [0.05, 0.1) is 26.4 Å². The van der Waals surface area contributed by atoms with Crippen molar-refractivity contribution >= 4 is 23.6 Å². The predicted octanol–water partition coefficient (Wildman–Crippen LogP) is -2.72. The van der Waals surface area contributed by atoms with Gasteiger partial charge in [0.15, 0.2) is 0 Å². The van der Waals surface area contributed by atoms with Crippen LogP contribution in [0.5, 0.6) is 0 Å². The largest absolute Gasteiger partial charge is 0.377 e. The van der Waals surface area contributed by atoms with E-state index in [0.717, 1.165) is 0 Å². The van der Waals surface area contributed by atoms with E-state index in [4.69, 9.17) is 9.47 Å². The zero-order chi connectivity index (χ0) is 17.9. The van der Waals surface area contributed by atoms with E-state index in [1.807, 2.05) is 0 Å². The molecule has 2 atom stereocenters. The second-order valence-corrected chi connectivity index (χ2v) is 5.20. The Morgan fingerprint density at radius 2 is 1.08 bits per heavy atom. The molecule has 0 spiro atoms. The minimum absolute atomic E-state index is 0.276. The first-order valence-electron chi connectivity index (χ1n) is 7.74. The van der Waals surface area contributed by atoms with Crippen LogP contribution in [0.25, 0.3) is 0 Å². The number of nitrogens with one attached hydrogen (secondary N) is 4. The Morgan fingerprint density at radius 1 is 0.708 bits per heavy atom. The van der Waals surface area contributed by atoms with Gasteiger partial charge < -0.3 is 30.7 Å². The molecule has 1 fully saturated rings. The standard InChI is InChI=1S/C14H24N4O6/c1-9-11(19)15-3-5-23-7-8-24-6-4-16-12(20)10(2)18-14(22)13(21)17-9/h9-10H,3-8H2,1-2H3,(H,15,19)(H,16,20)(H,17,21)(H,18,22)/t9-,10-/m0/s1. The lowest BCUT2D eigenvalue weighted by Gasteiger charge is -2.17. The first kappa shape index (κ1) is 19.8. The summed E-state index contributed by atoms with van der Waals surface area (Å²) in [5.41, 5.74) is 0. The molecular formula is C14H24N4O6. The van der Waals surface area contributed by atoms with Gasteiger partial charge in [-0.2, -0.15) is 0 Å². The Kier molecular flexibility index (Phi) is 8.72. The second-order valence-electron chi connectivity index (χ2n) is 5.20. The average Bonchev–Trinajstić information content (AvgIpc) is 2.54. The molecule has 136 valence electrons. The maximum absolute atomic E-state index is 11.8. The van der Waals surface area contributed by atoms with Gasteiger partial charge in [-0.25, -0.2) is 0 Å². The number of hydrogen-bond donors (Lipinski definition) is 4. The molecule has 1 aliphatic rings. The molecule has 1 rings (SSSR count). The van der Waals surface area contributed by atoms with E-state index < -0.39 is 35.7 Å².